The Hall–Kier alpha value is -2.44. The van der Waals surface area contributed by atoms with Crippen LogP contribution in [0.1, 0.15) is 33.1 Å². The van der Waals surface area contributed by atoms with Crippen LogP contribution in [-0.4, -0.2) is 15.9 Å². The van der Waals surface area contributed by atoms with E-state index in [4.69, 9.17) is 0 Å². The third-order valence-electron chi connectivity index (χ3n) is 3.08. The highest BCUT2D eigenvalue weighted by Crippen LogP contribution is 2.29. The van der Waals surface area contributed by atoms with Crippen LogP contribution >= 0.6 is 0 Å². The van der Waals surface area contributed by atoms with Gasteiger partial charge in [0.2, 0.25) is 0 Å². The summed E-state index contributed by atoms with van der Waals surface area (Å²) in [5.74, 6) is 0.107. The lowest BCUT2D eigenvalue weighted by Crippen LogP contribution is -2.17. The minimum Gasteiger partial charge on any atom is -0.322 e. The van der Waals surface area contributed by atoms with Gasteiger partial charge in [-0.25, -0.2) is 9.97 Å². The summed E-state index contributed by atoms with van der Waals surface area (Å²) in [4.78, 5) is 20.5. The molecule has 0 aliphatic rings. The summed E-state index contributed by atoms with van der Waals surface area (Å²) < 4.78 is 37.5. The largest absolute Gasteiger partial charge is 0.416 e. The first kappa shape index (κ1) is 15.9. The zero-order chi connectivity index (χ0) is 16.5. The van der Waals surface area contributed by atoms with Gasteiger partial charge in [-0.2, -0.15) is 13.2 Å². The number of benzene rings is 1. The summed E-state index contributed by atoms with van der Waals surface area (Å²) in [6.45, 7) is 5.09. The quantitative estimate of drug-likeness (QED) is 0.921. The van der Waals surface area contributed by atoms with Crippen molar-refractivity contribution in [1.29, 1.82) is 0 Å². The van der Waals surface area contributed by atoms with E-state index in [-0.39, 0.29) is 5.69 Å². The smallest absolute Gasteiger partial charge is 0.322 e. The van der Waals surface area contributed by atoms with Crippen molar-refractivity contribution < 1.29 is 18.0 Å². The molecule has 0 aliphatic carbocycles. The van der Waals surface area contributed by atoms with Crippen molar-refractivity contribution in [2.75, 3.05) is 5.32 Å². The van der Waals surface area contributed by atoms with Crippen molar-refractivity contribution in [3.8, 4) is 0 Å². The van der Waals surface area contributed by atoms with Crippen molar-refractivity contribution in [3.05, 3.63) is 52.6 Å². The van der Waals surface area contributed by atoms with Gasteiger partial charge >= 0.3 is 6.18 Å². The molecule has 2 rings (SSSR count). The van der Waals surface area contributed by atoms with Gasteiger partial charge in [0.15, 0.2) is 0 Å². The second-order valence-corrected chi connectivity index (χ2v) is 4.85. The lowest BCUT2D eigenvalue weighted by molar-refractivity contribution is -0.137. The third-order valence-corrected chi connectivity index (χ3v) is 3.08. The number of carbonyl (C=O) groups excluding carboxylic acids is 1. The maximum Gasteiger partial charge on any atom is 0.416 e. The maximum atomic E-state index is 12.5. The van der Waals surface area contributed by atoms with E-state index in [1.54, 1.807) is 20.8 Å². The van der Waals surface area contributed by atoms with Crippen LogP contribution in [0.5, 0.6) is 0 Å². The number of halogens is 3. The standard InChI is InChI=1S/C15H14F3N3O/c1-8-13(9(2)20-10(3)19-8)14(22)21-12-6-4-11(5-7-12)15(16,17)18/h4-7H,1-3H3,(H,21,22). The first-order valence-corrected chi connectivity index (χ1v) is 6.49. The SMILES string of the molecule is Cc1nc(C)c(C(=O)Nc2ccc(C(F)(F)F)cc2)c(C)n1. The van der Waals surface area contributed by atoms with E-state index in [9.17, 15) is 18.0 Å². The lowest BCUT2D eigenvalue weighted by Gasteiger charge is -2.11. The highest BCUT2D eigenvalue weighted by Gasteiger charge is 2.30. The average Bonchev–Trinajstić information content (AvgIpc) is 2.36. The molecular weight excluding hydrogens is 295 g/mol. The first-order chi connectivity index (χ1) is 10.2. The van der Waals surface area contributed by atoms with Crippen molar-refractivity contribution in [3.63, 3.8) is 0 Å². The van der Waals surface area contributed by atoms with Crippen LogP contribution in [0.15, 0.2) is 24.3 Å². The summed E-state index contributed by atoms with van der Waals surface area (Å²) in [5.41, 5.74) is 0.878. The lowest BCUT2D eigenvalue weighted by atomic mass is 10.1. The highest BCUT2D eigenvalue weighted by molar-refractivity contribution is 6.05. The molecule has 0 bridgehead atoms. The van der Waals surface area contributed by atoms with Gasteiger partial charge in [0, 0.05) is 5.69 Å². The Balaban J connectivity index is 2.23. The Morgan fingerprint density at radius 3 is 1.95 bits per heavy atom. The Morgan fingerprint density at radius 1 is 1.00 bits per heavy atom. The van der Waals surface area contributed by atoms with Gasteiger partial charge in [-0.15, -0.1) is 0 Å². The Morgan fingerprint density at radius 2 is 1.50 bits per heavy atom. The van der Waals surface area contributed by atoms with E-state index in [0.717, 1.165) is 12.1 Å². The Bertz CT molecular complexity index is 686. The summed E-state index contributed by atoms with van der Waals surface area (Å²) in [6.07, 6.45) is -4.40. The molecule has 0 fully saturated rings. The van der Waals surface area contributed by atoms with Crippen LogP contribution in [0.25, 0.3) is 0 Å². The zero-order valence-electron chi connectivity index (χ0n) is 12.2. The number of nitrogens with one attached hydrogen (secondary N) is 1. The molecule has 1 aromatic heterocycles. The molecule has 0 saturated heterocycles. The predicted molar refractivity (Wildman–Crippen MR) is 75.6 cm³/mol. The zero-order valence-corrected chi connectivity index (χ0v) is 12.2. The van der Waals surface area contributed by atoms with Crippen molar-refractivity contribution in [2.45, 2.75) is 26.9 Å². The number of anilines is 1. The molecule has 1 aromatic carbocycles. The first-order valence-electron chi connectivity index (χ1n) is 6.49. The number of hydrogen-bond acceptors (Lipinski definition) is 3. The maximum absolute atomic E-state index is 12.5. The van der Waals surface area contributed by atoms with Crippen LogP contribution in [0.3, 0.4) is 0 Å². The summed E-state index contributed by atoms with van der Waals surface area (Å²) in [5, 5.41) is 2.55. The average molecular weight is 309 g/mol. The number of alkyl halides is 3. The van der Waals surface area contributed by atoms with Crippen LogP contribution < -0.4 is 5.32 Å². The molecule has 7 heteroatoms. The van der Waals surface area contributed by atoms with E-state index in [0.29, 0.717) is 22.8 Å². The van der Waals surface area contributed by atoms with Crippen molar-refractivity contribution in [2.24, 2.45) is 0 Å². The van der Waals surface area contributed by atoms with E-state index < -0.39 is 17.6 Å². The van der Waals surface area contributed by atoms with Gasteiger partial charge in [0.05, 0.1) is 22.5 Å². The highest BCUT2D eigenvalue weighted by atomic mass is 19.4. The molecule has 1 heterocycles. The van der Waals surface area contributed by atoms with Crippen molar-refractivity contribution in [1.82, 2.24) is 9.97 Å². The number of amides is 1. The van der Waals surface area contributed by atoms with E-state index >= 15 is 0 Å². The minimum absolute atomic E-state index is 0.275. The number of aromatic nitrogens is 2. The van der Waals surface area contributed by atoms with E-state index in [2.05, 4.69) is 15.3 Å². The van der Waals surface area contributed by atoms with Gasteiger partial charge in [-0.05, 0) is 45.0 Å². The fraction of sp³-hybridized carbons (Fsp3) is 0.267. The molecule has 1 N–H and O–H groups in total. The molecule has 22 heavy (non-hydrogen) atoms. The normalized spacial score (nSPS) is 11.4. The molecule has 2 aromatic rings. The van der Waals surface area contributed by atoms with Crippen LogP contribution in [-0.2, 0) is 6.18 Å². The molecule has 0 aliphatic heterocycles. The number of carbonyl (C=O) groups is 1. The van der Waals surface area contributed by atoms with Gasteiger partial charge in [0.1, 0.15) is 5.82 Å². The molecule has 1 amide bonds. The number of rotatable bonds is 2. The molecule has 0 spiro atoms. The van der Waals surface area contributed by atoms with Gasteiger partial charge in [-0.1, -0.05) is 0 Å². The third kappa shape index (κ3) is 3.41. The second kappa shape index (κ2) is 5.75. The minimum atomic E-state index is -4.40. The monoisotopic (exact) mass is 309 g/mol. The van der Waals surface area contributed by atoms with Gasteiger partial charge < -0.3 is 5.32 Å². The van der Waals surface area contributed by atoms with Gasteiger partial charge in [0.25, 0.3) is 5.91 Å². The Labute approximate surface area is 125 Å². The van der Waals surface area contributed by atoms with E-state index in [1.807, 2.05) is 0 Å². The van der Waals surface area contributed by atoms with Gasteiger partial charge in [-0.3, -0.25) is 4.79 Å². The fourth-order valence-corrected chi connectivity index (χ4v) is 2.15. The number of hydrogen-bond donors (Lipinski definition) is 1. The molecule has 0 unspecified atom stereocenters. The topological polar surface area (TPSA) is 54.9 Å². The fourth-order valence-electron chi connectivity index (χ4n) is 2.15. The molecule has 0 saturated carbocycles. The molecular formula is C15H14F3N3O. The van der Waals surface area contributed by atoms with Crippen LogP contribution in [0, 0.1) is 20.8 Å². The molecule has 116 valence electrons. The number of aryl methyl sites for hydroxylation is 3. The summed E-state index contributed by atoms with van der Waals surface area (Å²) in [7, 11) is 0. The van der Waals surface area contributed by atoms with E-state index in [1.165, 1.54) is 12.1 Å². The molecule has 0 atom stereocenters. The van der Waals surface area contributed by atoms with Crippen LogP contribution in [0.4, 0.5) is 18.9 Å². The Kier molecular flexibility index (Phi) is 4.16. The summed E-state index contributed by atoms with van der Waals surface area (Å²) in [6, 6.07) is 4.25. The van der Waals surface area contributed by atoms with Crippen LogP contribution in [0.2, 0.25) is 0 Å². The second-order valence-electron chi connectivity index (χ2n) is 4.85. The van der Waals surface area contributed by atoms with Crippen molar-refractivity contribution >= 4 is 11.6 Å². The summed E-state index contributed by atoms with van der Waals surface area (Å²) >= 11 is 0. The molecule has 0 radical (unpaired) electrons. The predicted octanol–water partition coefficient (Wildman–Crippen LogP) is 3.67. The molecule has 4 nitrogen and oxygen atoms in total. The number of nitrogens with zero attached hydrogens (tertiary/aromatic N) is 2.